The van der Waals surface area contributed by atoms with E-state index in [0.717, 1.165) is 25.5 Å². The van der Waals surface area contributed by atoms with Gasteiger partial charge in [0.15, 0.2) is 0 Å². The van der Waals surface area contributed by atoms with E-state index < -0.39 is 0 Å². The molecule has 2 heteroatoms. The maximum Gasteiger partial charge on any atom is 0.120 e. The van der Waals surface area contributed by atoms with Crippen LogP contribution in [0.4, 0.5) is 0 Å². The fraction of sp³-hybridized carbons (Fsp3) is 0.462. The number of aliphatic hydroxyl groups is 1. The van der Waals surface area contributed by atoms with Crippen molar-refractivity contribution < 1.29 is 9.90 Å². The fourth-order valence-electron chi connectivity index (χ4n) is 1.94. The zero-order valence-electron chi connectivity index (χ0n) is 8.78. The third-order valence-corrected chi connectivity index (χ3v) is 3.27. The topological polar surface area (TPSA) is 37.3 Å². The molecule has 1 aromatic carbocycles. The van der Waals surface area contributed by atoms with Crippen LogP contribution in [-0.4, -0.2) is 18.0 Å². The minimum Gasteiger partial charge on any atom is -0.395 e. The van der Waals surface area contributed by atoms with Gasteiger partial charge in [-0.25, -0.2) is 0 Å². The first-order chi connectivity index (χ1) is 7.30. The van der Waals surface area contributed by atoms with Crippen LogP contribution in [0.3, 0.4) is 0 Å². The largest absolute Gasteiger partial charge is 0.395 e. The summed E-state index contributed by atoms with van der Waals surface area (Å²) >= 11 is 0. The Hall–Kier alpha value is -1.15. The molecular formula is C13H16O2. The number of rotatable bonds is 5. The molecule has 80 valence electrons. The summed E-state index contributed by atoms with van der Waals surface area (Å²) in [7, 11) is 0. The number of benzene rings is 1. The first-order valence-electron chi connectivity index (χ1n) is 5.45. The number of hydrogen-bond donors (Lipinski definition) is 1. The molecule has 0 saturated heterocycles. The van der Waals surface area contributed by atoms with Gasteiger partial charge in [0.1, 0.15) is 6.29 Å². The molecule has 1 aromatic rings. The Bertz CT molecular complexity index is 336. The molecule has 0 atom stereocenters. The molecule has 0 spiro atoms. The molecule has 0 bridgehead atoms. The minimum absolute atomic E-state index is 0.0587. The van der Waals surface area contributed by atoms with E-state index in [4.69, 9.17) is 0 Å². The summed E-state index contributed by atoms with van der Waals surface area (Å²) in [6.45, 7) is 0.251. The average Bonchev–Trinajstić information content (AvgIpc) is 3.08. The predicted molar refractivity (Wildman–Crippen MR) is 58.8 cm³/mol. The summed E-state index contributed by atoms with van der Waals surface area (Å²) in [6, 6.07) is 8.30. The van der Waals surface area contributed by atoms with Crippen LogP contribution in [0, 0.1) is 0 Å². The molecule has 0 heterocycles. The summed E-state index contributed by atoms with van der Waals surface area (Å²) in [5.41, 5.74) is 2.49. The van der Waals surface area contributed by atoms with Crippen LogP contribution in [0.15, 0.2) is 24.3 Å². The van der Waals surface area contributed by atoms with Gasteiger partial charge in [-0.05, 0) is 30.4 Å². The Morgan fingerprint density at radius 1 is 1.27 bits per heavy atom. The van der Waals surface area contributed by atoms with Crippen molar-refractivity contribution in [2.45, 2.75) is 31.1 Å². The lowest BCUT2D eigenvalue weighted by Crippen LogP contribution is -2.11. The highest BCUT2D eigenvalue weighted by Gasteiger charge is 2.43. The van der Waals surface area contributed by atoms with Crippen molar-refractivity contribution in [1.82, 2.24) is 0 Å². The molecule has 0 aromatic heterocycles. The average molecular weight is 204 g/mol. The number of aldehydes is 1. The summed E-state index contributed by atoms with van der Waals surface area (Å²) in [5, 5.41) is 9.27. The third-order valence-electron chi connectivity index (χ3n) is 3.27. The first kappa shape index (κ1) is 10.4. The summed E-state index contributed by atoms with van der Waals surface area (Å²) < 4.78 is 0. The number of carbonyl (C=O) groups excluding carboxylic acids is 1. The van der Waals surface area contributed by atoms with Crippen LogP contribution in [0.2, 0.25) is 0 Å². The number of carbonyl (C=O) groups is 1. The van der Waals surface area contributed by atoms with Gasteiger partial charge in [0.25, 0.3) is 0 Å². The van der Waals surface area contributed by atoms with Crippen LogP contribution in [0.1, 0.15) is 30.4 Å². The molecule has 2 nitrogen and oxygen atoms in total. The predicted octanol–water partition coefficient (Wildman–Crippen LogP) is 1.84. The molecule has 1 saturated carbocycles. The Morgan fingerprint density at radius 2 is 1.93 bits per heavy atom. The second kappa shape index (κ2) is 4.15. The molecule has 0 aliphatic heterocycles. The van der Waals surface area contributed by atoms with Crippen molar-refractivity contribution in [1.29, 1.82) is 0 Å². The van der Waals surface area contributed by atoms with E-state index in [1.54, 1.807) is 0 Å². The molecule has 0 unspecified atom stereocenters. The van der Waals surface area contributed by atoms with Crippen molar-refractivity contribution >= 4 is 6.29 Å². The summed E-state index contributed by atoms with van der Waals surface area (Å²) in [6.07, 6.45) is 4.54. The summed E-state index contributed by atoms with van der Waals surface area (Å²) in [5.74, 6) is 0. The van der Waals surface area contributed by atoms with Gasteiger partial charge in [-0.3, -0.25) is 0 Å². The lowest BCUT2D eigenvalue weighted by Gasteiger charge is -2.12. The van der Waals surface area contributed by atoms with E-state index in [9.17, 15) is 9.90 Å². The Morgan fingerprint density at radius 3 is 2.40 bits per heavy atom. The quantitative estimate of drug-likeness (QED) is 0.743. The van der Waals surface area contributed by atoms with Crippen LogP contribution in [0.5, 0.6) is 0 Å². The smallest absolute Gasteiger partial charge is 0.120 e. The van der Waals surface area contributed by atoms with Crippen molar-refractivity contribution in [3.8, 4) is 0 Å². The number of aliphatic hydroxyl groups excluding tert-OH is 1. The minimum atomic E-state index is 0.0587. The third kappa shape index (κ3) is 2.10. The van der Waals surface area contributed by atoms with E-state index in [0.29, 0.717) is 6.42 Å². The standard InChI is InChI=1S/C13H16O2/c14-9-1-2-11-3-5-12(6-4-11)13(10-15)7-8-13/h3-6,9,15H,1-2,7-8,10H2. The maximum atomic E-state index is 10.2. The molecule has 0 radical (unpaired) electrons. The highest BCUT2D eigenvalue weighted by Crippen LogP contribution is 2.47. The molecule has 15 heavy (non-hydrogen) atoms. The van der Waals surface area contributed by atoms with Gasteiger partial charge in [-0.2, -0.15) is 0 Å². The second-order valence-electron chi connectivity index (χ2n) is 4.34. The van der Waals surface area contributed by atoms with Gasteiger partial charge >= 0.3 is 0 Å². The molecule has 1 aliphatic carbocycles. The van der Waals surface area contributed by atoms with E-state index in [-0.39, 0.29) is 12.0 Å². The lowest BCUT2D eigenvalue weighted by atomic mass is 9.95. The molecule has 0 amide bonds. The first-order valence-corrected chi connectivity index (χ1v) is 5.45. The molecule has 2 rings (SSSR count). The van der Waals surface area contributed by atoms with Crippen molar-refractivity contribution in [2.75, 3.05) is 6.61 Å². The SMILES string of the molecule is O=CCCc1ccc(C2(CO)CC2)cc1. The number of hydrogen-bond acceptors (Lipinski definition) is 2. The highest BCUT2D eigenvalue weighted by molar-refractivity contribution is 5.50. The molecule has 1 aliphatic rings. The van der Waals surface area contributed by atoms with Crippen LogP contribution in [-0.2, 0) is 16.6 Å². The lowest BCUT2D eigenvalue weighted by molar-refractivity contribution is -0.107. The normalized spacial score (nSPS) is 17.4. The Balaban J connectivity index is 2.07. The second-order valence-corrected chi connectivity index (χ2v) is 4.34. The van der Waals surface area contributed by atoms with Crippen molar-refractivity contribution in [3.63, 3.8) is 0 Å². The van der Waals surface area contributed by atoms with Crippen molar-refractivity contribution in [3.05, 3.63) is 35.4 Å². The van der Waals surface area contributed by atoms with Crippen molar-refractivity contribution in [2.24, 2.45) is 0 Å². The Kier molecular flexibility index (Phi) is 2.87. The van der Waals surface area contributed by atoms with Gasteiger partial charge in [0, 0.05) is 11.8 Å². The summed E-state index contributed by atoms with van der Waals surface area (Å²) in [4.78, 5) is 10.2. The van der Waals surface area contributed by atoms with Gasteiger partial charge < -0.3 is 9.90 Å². The van der Waals surface area contributed by atoms with E-state index in [2.05, 4.69) is 24.3 Å². The molecular weight excluding hydrogens is 188 g/mol. The highest BCUT2D eigenvalue weighted by atomic mass is 16.3. The Labute approximate surface area is 89.9 Å². The van der Waals surface area contributed by atoms with Gasteiger partial charge in [0.2, 0.25) is 0 Å². The zero-order valence-corrected chi connectivity index (χ0v) is 8.78. The molecule has 1 N–H and O–H groups in total. The maximum absolute atomic E-state index is 10.2. The van der Waals surface area contributed by atoms with E-state index >= 15 is 0 Å². The van der Waals surface area contributed by atoms with Gasteiger partial charge in [-0.15, -0.1) is 0 Å². The molecule has 1 fully saturated rings. The van der Waals surface area contributed by atoms with E-state index in [1.807, 2.05) is 0 Å². The van der Waals surface area contributed by atoms with Crippen LogP contribution in [0.25, 0.3) is 0 Å². The van der Waals surface area contributed by atoms with Crippen LogP contribution < -0.4 is 0 Å². The zero-order chi connectivity index (χ0) is 10.7. The van der Waals surface area contributed by atoms with E-state index in [1.165, 1.54) is 11.1 Å². The monoisotopic (exact) mass is 204 g/mol. The van der Waals surface area contributed by atoms with Gasteiger partial charge in [-0.1, -0.05) is 24.3 Å². The van der Waals surface area contributed by atoms with Gasteiger partial charge in [0.05, 0.1) is 6.61 Å². The fourth-order valence-corrected chi connectivity index (χ4v) is 1.94. The van der Waals surface area contributed by atoms with Crippen LogP contribution >= 0.6 is 0 Å². The number of aryl methyl sites for hydroxylation is 1.